The predicted octanol–water partition coefficient (Wildman–Crippen LogP) is 2.32. The molecule has 4 heteroatoms. The average molecular weight is 215 g/mol. The van der Waals surface area contributed by atoms with Crippen molar-refractivity contribution in [1.82, 2.24) is 9.97 Å². The first kappa shape index (κ1) is 11.9. The van der Waals surface area contributed by atoms with E-state index in [1.54, 1.807) is 25.5 Å². The summed E-state index contributed by atoms with van der Waals surface area (Å²) in [6, 6.07) is 2.07. The topological polar surface area (TPSA) is 58.8 Å². The minimum Gasteiger partial charge on any atom is -0.493 e. The number of ether oxygens (including phenoxy) is 1. The van der Waals surface area contributed by atoms with Crippen LogP contribution in [0.3, 0.4) is 0 Å². The molecule has 0 saturated heterocycles. The van der Waals surface area contributed by atoms with Crippen molar-refractivity contribution in [3.63, 3.8) is 0 Å². The summed E-state index contributed by atoms with van der Waals surface area (Å²) in [6.07, 6.45) is 4.77. The summed E-state index contributed by atoms with van der Waals surface area (Å²) in [4.78, 5) is 8.07. The van der Waals surface area contributed by atoms with Gasteiger partial charge in [-0.15, -0.1) is 0 Å². The molecular weight excluding hydrogens is 202 g/mol. The lowest BCUT2D eigenvalue weighted by molar-refractivity contribution is 0.241. The van der Waals surface area contributed by atoms with Gasteiger partial charge in [0.05, 0.1) is 24.1 Å². The van der Waals surface area contributed by atoms with E-state index in [9.17, 15) is 0 Å². The van der Waals surface area contributed by atoms with Crippen LogP contribution in [0.15, 0.2) is 36.5 Å². The molecule has 0 unspecified atom stereocenters. The minimum absolute atomic E-state index is 0.369. The van der Waals surface area contributed by atoms with Gasteiger partial charge < -0.3 is 4.74 Å². The number of hydrogen-bond donors (Lipinski definition) is 0. The molecule has 0 atom stereocenters. The van der Waals surface area contributed by atoms with Gasteiger partial charge in [-0.3, -0.25) is 9.97 Å². The first-order valence-corrected chi connectivity index (χ1v) is 4.90. The molecule has 0 amide bonds. The van der Waals surface area contributed by atoms with Crippen molar-refractivity contribution < 1.29 is 4.74 Å². The summed E-state index contributed by atoms with van der Waals surface area (Å²) in [6.45, 7) is 7.84. The molecule has 0 spiro atoms. The quantitative estimate of drug-likeness (QED) is 0.439. The molecule has 0 fully saturated rings. The van der Waals surface area contributed by atoms with Crippen molar-refractivity contribution in [1.29, 1.82) is 5.26 Å². The van der Waals surface area contributed by atoms with Gasteiger partial charge in [0.15, 0.2) is 0 Å². The maximum atomic E-state index is 9.06. The van der Waals surface area contributed by atoms with Crippen LogP contribution in [-0.4, -0.2) is 16.6 Å². The number of nitriles is 1. The third-order valence-electron chi connectivity index (χ3n) is 2.03. The van der Waals surface area contributed by atoms with Crippen LogP contribution in [0.4, 0.5) is 0 Å². The van der Waals surface area contributed by atoms with Gasteiger partial charge in [0.25, 0.3) is 0 Å². The molecule has 1 aromatic rings. The standard InChI is InChI=1S/C12H13N3O/c1-4-16-10(3)11(7-13)9(2)12-8-14-5-6-15-12/h5-6,8H,3-4H2,1-2H3/b11-9+. The number of rotatable bonds is 4. The Balaban J connectivity index is 3.11. The van der Waals surface area contributed by atoms with E-state index >= 15 is 0 Å². The summed E-state index contributed by atoms with van der Waals surface area (Å²) in [5.74, 6) is 0.369. The van der Waals surface area contributed by atoms with Crippen molar-refractivity contribution in [2.75, 3.05) is 6.61 Å². The molecule has 4 nitrogen and oxygen atoms in total. The SMILES string of the molecule is C=C(OCC)/C(C#N)=C(\C)c1cnccn1. The highest BCUT2D eigenvalue weighted by molar-refractivity contribution is 5.71. The second-order valence-corrected chi connectivity index (χ2v) is 3.06. The lowest BCUT2D eigenvalue weighted by atomic mass is 10.1. The molecule has 16 heavy (non-hydrogen) atoms. The van der Waals surface area contributed by atoms with Crippen LogP contribution in [0.1, 0.15) is 19.5 Å². The first-order valence-electron chi connectivity index (χ1n) is 4.90. The van der Waals surface area contributed by atoms with Crippen molar-refractivity contribution in [3.8, 4) is 6.07 Å². The summed E-state index contributed by atoms with van der Waals surface area (Å²) >= 11 is 0. The highest BCUT2D eigenvalue weighted by Gasteiger charge is 2.10. The van der Waals surface area contributed by atoms with Crippen LogP contribution in [-0.2, 0) is 4.74 Å². The lowest BCUT2D eigenvalue weighted by Crippen LogP contribution is -1.97. The van der Waals surface area contributed by atoms with Crippen LogP contribution in [0.2, 0.25) is 0 Å². The molecular formula is C12H13N3O. The Kier molecular flexibility index (Phi) is 4.22. The maximum absolute atomic E-state index is 9.06. The molecule has 0 N–H and O–H groups in total. The van der Waals surface area contributed by atoms with Gasteiger partial charge in [-0.05, 0) is 19.4 Å². The van der Waals surface area contributed by atoms with E-state index in [0.29, 0.717) is 29.2 Å². The Hall–Kier alpha value is -2.15. The largest absolute Gasteiger partial charge is 0.493 e. The van der Waals surface area contributed by atoms with Crippen LogP contribution in [0.5, 0.6) is 0 Å². The Morgan fingerprint density at radius 1 is 1.56 bits per heavy atom. The van der Waals surface area contributed by atoms with Crippen LogP contribution in [0.25, 0.3) is 5.57 Å². The highest BCUT2D eigenvalue weighted by atomic mass is 16.5. The zero-order valence-corrected chi connectivity index (χ0v) is 9.40. The van der Waals surface area contributed by atoms with Gasteiger partial charge in [0.2, 0.25) is 0 Å². The van der Waals surface area contributed by atoms with Crippen LogP contribution < -0.4 is 0 Å². The van der Waals surface area contributed by atoms with E-state index in [2.05, 4.69) is 22.6 Å². The monoisotopic (exact) mass is 215 g/mol. The fourth-order valence-corrected chi connectivity index (χ4v) is 1.22. The summed E-state index contributed by atoms with van der Waals surface area (Å²) in [5.41, 5.74) is 1.77. The smallest absolute Gasteiger partial charge is 0.130 e. The Morgan fingerprint density at radius 3 is 2.81 bits per heavy atom. The molecule has 1 heterocycles. The molecule has 1 rings (SSSR count). The van der Waals surface area contributed by atoms with Gasteiger partial charge in [-0.25, -0.2) is 0 Å². The molecule has 1 aromatic heterocycles. The predicted molar refractivity (Wildman–Crippen MR) is 61.0 cm³/mol. The normalized spacial score (nSPS) is 11.3. The molecule has 0 aliphatic carbocycles. The van der Waals surface area contributed by atoms with Gasteiger partial charge in [-0.2, -0.15) is 5.26 Å². The lowest BCUT2D eigenvalue weighted by Gasteiger charge is -2.08. The molecule has 0 aliphatic rings. The molecule has 0 bridgehead atoms. The summed E-state index contributed by atoms with van der Waals surface area (Å²) in [7, 11) is 0. The zero-order valence-electron chi connectivity index (χ0n) is 9.40. The zero-order chi connectivity index (χ0) is 12.0. The van der Waals surface area contributed by atoms with Gasteiger partial charge in [0.1, 0.15) is 11.8 Å². The maximum Gasteiger partial charge on any atom is 0.130 e. The second-order valence-electron chi connectivity index (χ2n) is 3.06. The molecule has 82 valence electrons. The van der Waals surface area contributed by atoms with E-state index in [1.807, 2.05) is 6.92 Å². The van der Waals surface area contributed by atoms with Crippen molar-refractivity contribution in [3.05, 3.63) is 42.2 Å². The number of allylic oxidation sites excluding steroid dienone is 2. The van der Waals surface area contributed by atoms with E-state index in [-0.39, 0.29) is 0 Å². The van der Waals surface area contributed by atoms with Crippen molar-refractivity contribution >= 4 is 5.57 Å². The molecule has 0 radical (unpaired) electrons. The fourth-order valence-electron chi connectivity index (χ4n) is 1.22. The first-order chi connectivity index (χ1) is 7.70. The third kappa shape index (κ3) is 2.67. The molecule has 0 saturated carbocycles. The fraction of sp³-hybridized carbons (Fsp3) is 0.250. The minimum atomic E-state index is 0.369. The molecule has 0 aliphatic heterocycles. The number of nitrogens with zero attached hydrogens (tertiary/aromatic N) is 3. The Morgan fingerprint density at radius 2 is 2.31 bits per heavy atom. The van der Waals surface area contributed by atoms with Gasteiger partial charge in [-0.1, -0.05) is 6.58 Å². The second kappa shape index (κ2) is 5.66. The van der Waals surface area contributed by atoms with E-state index in [0.717, 1.165) is 0 Å². The third-order valence-corrected chi connectivity index (χ3v) is 2.03. The van der Waals surface area contributed by atoms with Crippen LogP contribution >= 0.6 is 0 Å². The Bertz CT molecular complexity index is 443. The Labute approximate surface area is 94.9 Å². The van der Waals surface area contributed by atoms with Crippen molar-refractivity contribution in [2.45, 2.75) is 13.8 Å². The van der Waals surface area contributed by atoms with Crippen LogP contribution in [0, 0.1) is 11.3 Å². The van der Waals surface area contributed by atoms with Crippen molar-refractivity contribution in [2.24, 2.45) is 0 Å². The summed E-state index contributed by atoms with van der Waals surface area (Å²) < 4.78 is 5.21. The van der Waals surface area contributed by atoms with E-state index in [1.165, 1.54) is 0 Å². The number of aromatic nitrogens is 2. The molecule has 0 aromatic carbocycles. The van der Waals surface area contributed by atoms with Gasteiger partial charge >= 0.3 is 0 Å². The average Bonchev–Trinajstić information content (AvgIpc) is 2.31. The van der Waals surface area contributed by atoms with Gasteiger partial charge in [0, 0.05) is 12.4 Å². The van der Waals surface area contributed by atoms with E-state index < -0.39 is 0 Å². The summed E-state index contributed by atoms with van der Waals surface area (Å²) in [5, 5.41) is 9.06. The highest BCUT2D eigenvalue weighted by Crippen LogP contribution is 2.20. The van der Waals surface area contributed by atoms with E-state index in [4.69, 9.17) is 10.00 Å². The number of hydrogen-bond acceptors (Lipinski definition) is 4.